The van der Waals surface area contributed by atoms with Gasteiger partial charge in [0.1, 0.15) is 18.1 Å². The highest BCUT2D eigenvalue weighted by Gasteiger charge is 2.32. The lowest BCUT2D eigenvalue weighted by molar-refractivity contribution is -0.139. The van der Waals surface area contributed by atoms with Gasteiger partial charge in [-0.25, -0.2) is 10.2 Å². The van der Waals surface area contributed by atoms with Gasteiger partial charge in [0.25, 0.3) is 5.91 Å². The maximum atomic E-state index is 12.7. The van der Waals surface area contributed by atoms with Crippen LogP contribution in [0.3, 0.4) is 0 Å². The van der Waals surface area contributed by atoms with E-state index >= 15 is 0 Å². The predicted molar refractivity (Wildman–Crippen MR) is 169 cm³/mol. The highest BCUT2D eigenvalue weighted by molar-refractivity contribution is 9.10. The van der Waals surface area contributed by atoms with E-state index in [1.165, 1.54) is 6.21 Å². The number of amides is 1. The van der Waals surface area contributed by atoms with Gasteiger partial charge in [-0.15, -0.1) is 0 Å². The van der Waals surface area contributed by atoms with Crippen LogP contribution in [0.2, 0.25) is 5.02 Å². The minimum Gasteiger partial charge on any atom is -0.488 e. The molecule has 0 aliphatic carbocycles. The lowest BCUT2D eigenvalue weighted by atomic mass is 9.95. The molecule has 1 heterocycles. The number of carbonyl (C=O) groups is 2. The predicted octanol–water partition coefficient (Wildman–Crippen LogP) is 5.57. The third-order valence-corrected chi connectivity index (χ3v) is 7.07. The molecule has 0 unspecified atom stereocenters. The average molecular weight is 672 g/mol. The Labute approximate surface area is 262 Å². The molecule has 3 N–H and O–H groups in total. The highest BCUT2D eigenvalue weighted by atomic mass is 79.9. The van der Waals surface area contributed by atoms with Crippen LogP contribution in [-0.2, 0) is 20.9 Å². The topological polar surface area (TPSA) is 110 Å². The quantitative estimate of drug-likeness (QED) is 0.105. The molecule has 0 saturated heterocycles. The van der Waals surface area contributed by atoms with Gasteiger partial charge in [0.15, 0.2) is 11.7 Å². The third kappa shape index (κ3) is 8.31. The number of ether oxygens (including phenoxy) is 3. The number of halogens is 2. The standard InChI is InChI=1S/C30H28BrClN4O5S/c1-3-39-29(38)27-18(2)34-30(42)35-28(27)22-9-4-5-10-24(22)41-17-26(37)36-33-15-19-11-12-25(23(31)14-19)40-16-20-7-6-8-21(32)13-20/h4-15,28H,3,16-17H2,1-2H3,(H,36,37)(H2,34,35,42)/t28-/m1/s1. The SMILES string of the molecule is CCOC(=O)C1=C(C)NC(=S)N[C@@H]1c1ccccc1OCC(=O)NN=Cc1ccc(OCc2cccc(Cl)c2)c(Br)c1. The Hall–Kier alpha value is -3.93. The van der Waals surface area contributed by atoms with Crippen LogP contribution in [0.15, 0.2) is 87.6 Å². The fraction of sp³-hybridized carbons (Fsp3) is 0.200. The van der Waals surface area contributed by atoms with Gasteiger partial charge < -0.3 is 24.8 Å². The molecular weight excluding hydrogens is 644 g/mol. The van der Waals surface area contributed by atoms with E-state index in [1.54, 1.807) is 38.1 Å². The summed E-state index contributed by atoms with van der Waals surface area (Å²) >= 11 is 14.8. The van der Waals surface area contributed by atoms with Crippen molar-refractivity contribution in [1.29, 1.82) is 0 Å². The summed E-state index contributed by atoms with van der Waals surface area (Å²) in [5, 5.41) is 11.1. The molecule has 1 amide bonds. The molecule has 0 bridgehead atoms. The van der Waals surface area contributed by atoms with E-state index in [1.807, 2.05) is 42.5 Å². The molecule has 12 heteroatoms. The molecule has 0 spiro atoms. The molecule has 9 nitrogen and oxygen atoms in total. The van der Waals surface area contributed by atoms with Crippen LogP contribution in [0.4, 0.5) is 0 Å². The Bertz CT molecular complexity index is 1550. The lowest BCUT2D eigenvalue weighted by Crippen LogP contribution is -2.45. The van der Waals surface area contributed by atoms with Gasteiger partial charge in [0, 0.05) is 16.3 Å². The average Bonchev–Trinajstić information content (AvgIpc) is 2.95. The minimum absolute atomic E-state index is 0.227. The first kappa shape index (κ1) is 31.0. The van der Waals surface area contributed by atoms with Crippen LogP contribution in [-0.4, -0.2) is 36.4 Å². The summed E-state index contributed by atoms with van der Waals surface area (Å²) in [5.74, 6) is 0.124. The largest absolute Gasteiger partial charge is 0.488 e. The van der Waals surface area contributed by atoms with E-state index in [2.05, 4.69) is 37.1 Å². The molecule has 218 valence electrons. The van der Waals surface area contributed by atoms with Gasteiger partial charge in [-0.05, 0) is 89.5 Å². The van der Waals surface area contributed by atoms with Crippen molar-refractivity contribution in [2.24, 2.45) is 5.10 Å². The van der Waals surface area contributed by atoms with E-state index < -0.39 is 17.9 Å². The summed E-state index contributed by atoms with van der Waals surface area (Å²) in [5.41, 5.74) is 5.74. The molecule has 1 atom stereocenters. The number of benzene rings is 3. The molecule has 1 aliphatic rings. The summed E-state index contributed by atoms with van der Waals surface area (Å²) in [4.78, 5) is 25.2. The molecule has 1 aliphatic heterocycles. The fourth-order valence-corrected chi connectivity index (χ4v) is 5.11. The van der Waals surface area contributed by atoms with Gasteiger partial charge in [0.05, 0.1) is 28.9 Å². The molecule has 3 aromatic carbocycles. The van der Waals surface area contributed by atoms with Crippen molar-refractivity contribution >= 4 is 63.0 Å². The van der Waals surface area contributed by atoms with Crippen LogP contribution in [0.5, 0.6) is 11.5 Å². The number of rotatable bonds is 11. The number of hydrogen-bond acceptors (Lipinski definition) is 7. The van der Waals surface area contributed by atoms with Gasteiger partial charge in [-0.2, -0.15) is 5.10 Å². The first-order valence-electron chi connectivity index (χ1n) is 12.9. The third-order valence-electron chi connectivity index (χ3n) is 6.00. The Morgan fingerprint density at radius 1 is 1.10 bits per heavy atom. The normalized spacial score (nSPS) is 14.7. The molecule has 0 saturated carbocycles. The van der Waals surface area contributed by atoms with Gasteiger partial charge in [-0.1, -0.05) is 41.9 Å². The van der Waals surface area contributed by atoms with Crippen molar-refractivity contribution < 1.29 is 23.8 Å². The van der Waals surface area contributed by atoms with E-state index in [0.717, 1.165) is 15.6 Å². The van der Waals surface area contributed by atoms with Crippen molar-refractivity contribution in [2.45, 2.75) is 26.5 Å². The zero-order chi connectivity index (χ0) is 30.1. The van der Waals surface area contributed by atoms with Crippen molar-refractivity contribution in [2.75, 3.05) is 13.2 Å². The Morgan fingerprint density at radius 2 is 1.90 bits per heavy atom. The summed E-state index contributed by atoms with van der Waals surface area (Å²) in [7, 11) is 0. The first-order valence-corrected chi connectivity index (χ1v) is 14.5. The van der Waals surface area contributed by atoms with Crippen molar-refractivity contribution in [1.82, 2.24) is 16.1 Å². The molecule has 0 radical (unpaired) electrons. The number of hydrazone groups is 1. The lowest BCUT2D eigenvalue weighted by Gasteiger charge is -2.30. The van der Waals surface area contributed by atoms with Crippen molar-refractivity contribution in [3.8, 4) is 11.5 Å². The summed E-state index contributed by atoms with van der Waals surface area (Å²) < 4.78 is 17.7. The zero-order valence-corrected chi connectivity index (χ0v) is 25.9. The summed E-state index contributed by atoms with van der Waals surface area (Å²) in [6.07, 6.45) is 1.51. The second kappa shape index (κ2) is 14.8. The van der Waals surface area contributed by atoms with Crippen LogP contribution in [0, 0.1) is 0 Å². The van der Waals surface area contributed by atoms with Gasteiger partial charge in [-0.3, -0.25) is 4.79 Å². The fourth-order valence-electron chi connectivity index (χ4n) is 4.11. The smallest absolute Gasteiger partial charge is 0.338 e. The molecule has 4 rings (SSSR count). The number of thiocarbonyl (C=S) groups is 1. The number of nitrogens with zero attached hydrogens (tertiary/aromatic N) is 1. The maximum absolute atomic E-state index is 12.7. The zero-order valence-electron chi connectivity index (χ0n) is 22.8. The Morgan fingerprint density at radius 3 is 2.67 bits per heavy atom. The molecule has 0 fully saturated rings. The van der Waals surface area contributed by atoms with Crippen molar-refractivity contribution in [3.63, 3.8) is 0 Å². The first-order chi connectivity index (χ1) is 20.2. The molecule has 0 aromatic heterocycles. The number of esters is 1. The second-order valence-electron chi connectivity index (χ2n) is 9.02. The highest BCUT2D eigenvalue weighted by Crippen LogP contribution is 2.33. The Kier molecular flexibility index (Phi) is 10.9. The summed E-state index contributed by atoms with van der Waals surface area (Å²) in [6, 6.07) is 19.4. The monoisotopic (exact) mass is 670 g/mol. The number of hydrogen-bond donors (Lipinski definition) is 3. The van der Waals surface area contributed by atoms with E-state index in [-0.39, 0.29) is 13.2 Å². The number of carbonyl (C=O) groups excluding carboxylic acids is 2. The Balaban J connectivity index is 1.35. The number of para-hydroxylation sites is 1. The minimum atomic E-state index is -0.619. The van der Waals surface area contributed by atoms with Crippen LogP contribution < -0.4 is 25.5 Å². The number of nitrogens with one attached hydrogen (secondary N) is 3. The van der Waals surface area contributed by atoms with Crippen molar-refractivity contribution in [3.05, 3.63) is 104 Å². The van der Waals surface area contributed by atoms with E-state index in [0.29, 0.717) is 45.1 Å². The number of allylic oxidation sites excluding steroid dienone is 1. The molecule has 42 heavy (non-hydrogen) atoms. The van der Waals surface area contributed by atoms with E-state index in [9.17, 15) is 9.59 Å². The van der Waals surface area contributed by atoms with Gasteiger partial charge >= 0.3 is 5.97 Å². The van der Waals surface area contributed by atoms with E-state index in [4.69, 9.17) is 38.0 Å². The molecular formula is C30H28BrClN4O5S. The van der Waals surface area contributed by atoms with Crippen LogP contribution in [0.1, 0.15) is 36.6 Å². The second-order valence-corrected chi connectivity index (χ2v) is 10.7. The summed E-state index contributed by atoms with van der Waals surface area (Å²) in [6.45, 7) is 3.78. The van der Waals surface area contributed by atoms with Gasteiger partial charge in [0.2, 0.25) is 0 Å². The van der Waals surface area contributed by atoms with Crippen LogP contribution >= 0.6 is 39.7 Å². The maximum Gasteiger partial charge on any atom is 0.338 e. The van der Waals surface area contributed by atoms with Crippen LogP contribution in [0.25, 0.3) is 0 Å². The molecule has 3 aromatic rings.